The fraction of sp³-hybridized carbons (Fsp3) is 0.529. The molecule has 0 aliphatic heterocycles. The first-order valence-corrected chi connectivity index (χ1v) is 19.8. The fourth-order valence-electron chi connectivity index (χ4n) is 3.13. The van der Waals surface area contributed by atoms with Crippen molar-refractivity contribution in [1.29, 1.82) is 0 Å². The molecule has 1 aliphatic rings. The predicted octanol–water partition coefficient (Wildman–Crippen LogP) is 5.81. The average Bonchev–Trinajstić information content (AvgIpc) is 2.67. The van der Waals surface area contributed by atoms with Gasteiger partial charge in [-0.2, -0.15) is 0 Å². The van der Waals surface area contributed by atoms with Gasteiger partial charge in [0.2, 0.25) is 0 Å². The van der Waals surface area contributed by atoms with Crippen molar-refractivity contribution in [3.05, 3.63) is 41.0 Å². The summed E-state index contributed by atoms with van der Waals surface area (Å²) in [4.78, 5) is 7.72. The zero-order valence-corrected chi connectivity index (χ0v) is 16.8. The van der Waals surface area contributed by atoms with Crippen LogP contribution < -0.4 is 0 Å². The van der Waals surface area contributed by atoms with Crippen LogP contribution in [0.5, 0.6) is 0 Å². The molecule has 0 aromatic heterocycles. The summed E-state index contributed by atoms with van der Waals surface area (Å²) in [7, 11) is 0.0770. The number of rotatable bonds is 5. The van der Waals surface area contributed by atoms with Gasteiger partial charge in [-0.05, 0) is 0 Å². The van der Waals surface area contributed by atoms with Crippen LogP contribution in [-0.2, 0) is 6.42 Å². The molecule has 0 amide bonds. The molecule has 2 rings (SSSR count). The van der Waals surface area contributed by atoms with E-state index in [0.717, 1.165) is 0 Å². The Bertz CT molecular complexity index is 478. The van der Waals surface area contributed by atoms with E-state index in [1.54, 1.807) is 16.4 Å². The monoisotopic (exact) mass is 382 g/mol. The first-order valence-electron chi connectivity index (χ1n) is 7.51. The van der Waals surface area contributed by atoms with Crippen molar-refractivity contribution in [3.8, 4) is 0 Å². The van der Waals surface area contributed by atoms with Crippen molar-refractivity contribution >= 4 is 31.6 Å². The van der Waals surface area contributed by atoms with Gasteiger partial charge in [-0.1, -0.05) is 0 Å². The van der Waals surface area contributed by atoms with Gasteiger partial charge in [-0.3, -0.25) is 0 Å². The quantitative estimate of drug-likeness (QED) is 0.446. The van der Waals surface area contributed by atoms with E-state index in [9.17, 15) is 0 Å². The minimum absolute atomic E-state index is 0.0770. The number of allylic oxidation sites excluding steroid dienone is 1. The van der Waals surface area contributed by atoms with Gasteiger partial charge >= 0.3 is 124 Å². The molecule has 1 aromatic carbocycles. The molecule has 104 valence electrons. The van der Waals surface area contributed by atoms with Gasteiger partial charge in [0, 0.05) is 0 Å². The van der Waals surface area contributed by atoms with Crippen LogP contribution >= 0.6 is 7.92 Å². The molecule has 0 radical (unpaired) electrons. The maximum absolute atomic E-state index is 2.57. The third-order valence-corrected chi connectivity index (χ3v) is 10.8. The van der Waals surface area contributed by atoms with E-state index < -0.39 is 18.4 Å². The molecule has 0 heterocycles. The molecule has 0 atom stereocenters. The van der Waals surface area contributed by atoms with Gasteiger partial charge in [-0.25, -0.2) is 0 Å². The van der Waals surface area contributed by atoms with Crippen molar-refractivity contribution in [2.75, 3.05) is 12.3 Å². The Morgan fingerprint density at radius 1 is 1.05 bits per heavy atom. The third kappa shape index (κ3) is 3.64. The molecule has 0 spiro atoms. The van der Waals surface area contributed by atoms with E-state index in [1.807, 2.05) is 5.57 Å². The molecule has 1 aromatic rings. The van der Waals surface area contributed by atoms with Crippen LogP contribution in [0, 0.1) is 0 Å². The van der Waals surface area contributed by atoms with Gasteiger partial charge in [0.05, 0.1) is 0 Å². The number of hydrogen-bond acceptors (Lipinski definition) is 0. The molecular formula is C17H27PSn. The van der Waals surface area contributed by atoms with E-state index in [1.165, 1.54) is 23.2 Å². The van der Waals surface area contributed by atoms with Crippen LogP contribution in [0.1, 0.15) is 25.0 Å². The zero-order chi connectivity index (χ0) is 14.0. The van der Waals surface area contributed by atoms with Crippen molar-refractivity contribution in [1.82, 2.24) is 0 Å². The van der Waals surface area contributed by atoms with Gasteiger partial charge in [0.25, 0.3) is 0 Å². The number of fused-ring (bicyclic) bond motifs is 1. The predicted molar refractivity (Wildman–Crippen MR) is 93.2 cm³/mol. The molecule has 0 N–H and O–H groups in total. The molecule has 1 aliphatic carbocycles. The van der Waals surface area contributed by atoms with Crippen LogP contribution in [0.3, 0.4) is 0 Å². The SMILES string of the molecule is CCP(CC)C1=C([CH2][Sn]([CH3])([CH3])[CH3])Cc2ccccc21. The summed E-state index contributed by atoms with van der Waals surface area (Å²) in [5.74, 6) is 0. The molecule has 0 saturated heterocycles. The summed E-state index contributed by atoms with van der Waals surface area (Å²) in [6, 6.07) is 9.15. The second kappa shape index (κ2) is 6.31. The first kappa shape index (κ1) is 15.6. The van der Waals surface area contributed by atoms with Gasteiger partial charge in [0.15, 0.2) is 0 Å². The molecule has 19 heavy (non-hydrogen) atoms. The van der Waals surface area contributed by atoms with Crippen LogP contribution in [0.15, 0.2) is 29.8 Å². The summed E-state index contributed by atoms with van der Waals surface area (Å²) in [5.41, 5.74) is 5.01. The molecule has 0 bridgehead atoms. The van der Waals surface area contributed by atoms with Crippen molar-refractivity contribution in [2.45, 2.75) is 39.5 Å². The van der Waals surface area contributed by atoms with Gasteiger partial charge < -0.3 is 0 Å². The first-order chi connectivity index (χ1) is 8.96. The van der Waals surface area contributed by atoms with Crippen molar-refractivity contribution in [2.24, 2.45) is 0 Å². The Hall–Kier alpha value is 0.189. The normalized spacial score (nSPS) is 15.3. The molecular weight excluding hydrogens is 354 g/mol. The van der Waals surface area contributed by atoms with Crippen LogP contribution in [0.25, 0.3) is 5.31 Å². The molecule has 0 nitrogen and oxygen atoms in total. The van der Waals surface area contributed by atoms with Crippen LogP contribution in [-0.4, -0.2) is 30.7 Å². The number of benzene rings is 1. The standard InChI is InChI=1S/C14H18P.3CH3.Sn/c1-4-15(5-2)14-11(3)10-12-8-6-7-9-13(12)14;;;;/h6-9H,3-5,10H2,1-2H3;3*1H3;. The molecule has 2 heteroatoms. The van der Waals surface area contributed by atoms with Crippen molar-refractivity contribution < 1.29 is 0 Å². The summed E-state index contributed by atoms with van der Waals surface area (Å²) >= 11 is -1.75. The summed E-state index contributed by atoms with van der Waals surface area (Å²) in [6.45, 7) is 4.75. The Kier molecular flexibility index (Phi) is 5.17. The summed E-state index contributed by atoms with van der Waals surface area (Å²) < 4.78 is 1.46. The second-order valence-corrected chi connectivity index (χ2v) is 25.1. The Balaban J connectivity index is 2.44. The second-order valence-electron chi connectivity index (χ2n) is 6.70. The molecule has 0 unspecified atom stereocenters. The van der Waals surface area contributed by atoms with E-state index in [-0.39, 0.29) is 7.92 Å². The zero-order valence-electron chi connectivity index (χ0n) is 13.1. The van der Waals surface area contributed by atoms with E-state index in [0.29, 0.717) is 0 Å². The average molecular weight is 381 g/mol. The minimum atomic E-state index is -1.75. The van der Waals surface area contributed by atoms with Crippen LogP contribution in [0.2, 0.25) is 19.3 Å². The van der Waals surface area contributed by atoms with E-state index >= 15 is 0 Å². The van der Waals surface area contributed by atoms with Gasteiger partial charge in [0.1, 0.15) is 0 Å². The van der Waals surface area contributed by atoms with E-state index in [4.69, 9.17) is 0 Å². The topological polar surface area (TPSA) is 0 Å². The molecule has 0 saturated carbocycles. The molecule has 0 fully saturated rings. The number of hydrogen-bond donors (Lipinski definition) is 0. The van der Waals surface area contributed by atoms with Gasteiger partial charge in [-0.15, -0.1) is 0 Å². The maximum atomic E-state index is 2.57. The summed E-state index contributed by atoms with van der Waals surface area (Å²) in [5, 5.41) is 1.79. The van der Waals surface area contributed by atoms with Crippen molar-refractivity contribution in [3.63, 3.8) is 0 Å². The van der Waals surface area contributed by atoms with Crippen LogP contribution in [0.4, 0.5) is 0 Å². The van der Waals surface area contributed by atoms with E-state index in [2.05, 4.69) is 52.9 Å². The summed E-state index contributed by atoms with van der Waals surface area (Å²) in [6.07, 6.45) is 3.94. The Morgan fingerprint density at radius 2 is 1.68 bits per heavy atom. The Labute approximate surface area is 124 Å². The third-order valence-electron chi connectivity index (χ3n) is 3.83. The Morgan fingerprint density at radius 3 is 2.26 bits per heavy atom. The fourth-order valence-corrected chi connectivity index (χ4v) is 10.3.